The molecule has 0 spiro atoms. The quantitative estimate of drug-likeness (QED) is 0.158. The normalized spacial score (nSPS) is 19.1. The maximum Gasteiger partial charge on any atom is 0.417 e. The highest BCUT2D eigenvalue weighted by Gasteiger charge is 2.50. The fourth-order valence-electron chi connectivity index (χ4n) is 5.22. The van der Waals surface area contributed by atoms with Crippen LogP contribution in [-0.2, 0) is 36.9 Å². The van der Waals surface area contributed by atoms with Crippen LogP contribution in [-0.4, -0.2) is 43.3 Å². The molecule has 2 aromatic carbocycles. The summed E-state index contributed by atoms with van der Waals surface area (Å²) in [4.78, 5) is 32.3. The van der Waals surface area contributed by atoms with Crippen molar-refractivity contribution < 1.29 is 35.9 Å². The van der Waals surface area contributed by atoms with Gasteiger partial charge in [-0.2, -0.15) is 21.6 Å². The third-order valence-corrected chi connectivity index (χ3v) is 9.02. The topological polar surface area (TPSA) is 132 Å². The second-order valence-corrected chi connectivity index (χ2v) is 12.8. The number of rotatable bonds is 11. The predicted molar refractivity (Wildman–Crippen MR) is 160 cm³/mol. The first kappa shape index (κ1) is 32.8. The SMILES string of the molecule is CCCN(c1cccc(NS(=O)(=O)c2ccc(C(F)(F)F)cn2)c1)C1C(=O)CC(CCc2ccc(N)cc2)(C(C)C)OC1=O. The Kier molecular flexibility index (Phi) is 9.57. The van der Waals surface area contributed by atoms with Crippen LogP contribution in [0, 0.1) is 5.92 Å². The number of esters is 1. The summed E-state index contributed by atoms with van der Waals surface area (Å²) in [5.74, 6) is -1.12. The number of ether oxygens (including phenoxy) is 1. The molecule has 2 heterocycles. The number of anilines is 3. The van der Waals surface area contributed by atoms with E-state index in [1.165, 1.54) is 12.1 Å². The van der Waals surface area contributed by atoms with Gasteiger partial charge >= 0.3 is 12.1 Å². The molecular weight excluding hydrogens is 597 g/mol. The maximum absolute atomic E-state index is 13.7. The lowest BCUT2D eigenvalue weighted by atomic mass is 9.77. The molecule has 3 aromatic rings. The fraction of sp³-hybridized carbons (Fsp3) is 0.387. The Morgan fingerprint density at radius 3 is 2.39 bits per heavy atom. The highest BCUT2D eigenvalue weighted by molar-refractivity contribution is 7.92. The van der Waals surface area contributed by atoms with Gasteiger partial charge in [-0.15, -0.1) is 0 Å². The summed E-state index contributed by atoms with van der Waals surface area (Å²) in [5.41, 5.74) is 5.82. The van der Waals surface area contributed by atoms with E-state index in [2.05, 4.69) is 9.71 Å². The van der Waals surface area contributed by atoms with Crippen molar-refractivity contribution in [3.8, 4) is 0 Å². The molecule has 0 amide bonds. The van der Waals surface area contributed by atoms with E-state index in [1.807, 2.05) is 32.9 Å². The van der Waals surface area contributed by atoms with E-state index in [-0.39, 0.29) is 23.8 Å². The van der Waals surface area contributed by atoms with E-state index in [1.54, 1.807) is 29.2 Å². The number of alkyl halides is 3. The lowest BCUT2D eigenvalue weighted by molar-refractivity contribution is -0.179. The number of aryl methyl sites for hydroxylation is 1. The number of aromatic nitrogens is 1. The Morgan fingerprint density at radius 2 is 1.82 bits per heavy atom. The van der Waals surface area contributed by atoms with Gasteiger partial charge in [-0.3, -0.25) is 9.52 Å². The number of nitrogens with two attached hydrogens (primary N) is 1. The monoisotopic (exact) mass is 632 g/mol. The minimum Gasteiger partial charge on any atom is -0.456 e. The number of pyridine rings is 1. The number of hydrogen-bond acceptors (Lipinski definition) is 8. The summed E-state index contributed by atoms with van der Waals surface area (Å²) in [6, 6.07) is 13.6. The third-order valence-electron chi connectivity index (χ3n) is 7.72. The summed E-state index contributed by atoms with van der Waals surface area (Å²) < 4.78 is 72.8. The van der Waals surface area contributed by atoms with Crippen molar-refractivity contribution in [3.05, 3.63) is 78.0 Å². The van der Waals surface area contributed by atoms with E-state index < -0.39 is 44.4 Å². The first-order valence-corrected chi connectivity index (χ1v) is 15.7. The van der Waals surface area contributed by atoms with Crippen molar-refractivity contribution in [2.75, 3.05) is 21.9 Å². The smallest absolute Gasteiger partial charge is 0.417 e. The second kappa shape index (κ2) is 12.8. The van der Waals surface area contributed by atoms with Crippen LogP contribution in [0.1, 0.15) is 51.2 Å². The summed E-state index contributed by atoms with van der Waals surface area (Å²) in [6.07, 6.45) is -2.61. The van der Waals surface area contributed by atoms with E-state index in [4.69, 9.17) is 10.5 Å². The standard InChI is InChI=1S/C31H35F3N4O5S/c1-4-16-38(25-7-5-6-24(17-25)37-44(41,42)27-13-10-22(19-36-27)31(32,33)34)28-26(39)18-30(20(2)3,43-29(28)40)15-14-21-8-11-23(35)12-9-21/h5-13,17,19-20,28,37H,4,14-16,18,35H2,1-3H3. The molecule has 13 heteroatoms. The van der Waals surface area contributed by atoms with Gasteiger partial charge in [0.25, 0.3) is 10.0 Å². The second-order valence-electron chi connectivity index (χ2n) is 11.2. The number of benzene rings is 2. The van der Waals surface area contributed by atoms with E-state index in [0.717, 1.165) is 11.6 Å². The zero-order valence-corrected chi connectivity index (χ0v) is 25.4. The van der Waals surface area contributed by atoms with Crippen LogP contribution < -0.4 is 15.4 Å². The van der Waals surface area contributed by atoms with Crippen LogP contribution in [0.15, 0.2) is 71.9 Å². The molecule has 3 N–H and O–H groups in total. The maximum atomic E-state index is 13.7. The molecule has 1 saturated heterocycles. The molecule has 236 valence electrons. The Morgan fingerprint density at radius 1 is 1.11 bits per heavy atom. The van der Waals surface area contributed by atoms with Gasteiger partial charge < -0.3 is 15.4 Å². The minimum atomic E-state index is -4.66. The van der Waals surface area contributed by atoms with Crippen molar-refractivity contribution in [1.29, 1.82) is 0 Å². The molecule has 0 radical (unpaired) electrons. The number of nitrogens with one attached hydrogen (secondary N) is 1. The average molecular weight is 633 g/mol. The highest BCUT2D eigenvalue weighted by atomic mass is 32.2. The molecule has 1 aliphatic rings. The summed E-state index contributed by atoms with van der Waals surface area (Å²) in [5, 5.41) is -0.601. The molecule has 0 aliphatic carbocycles. The van der Waals surface area contributed by atoms with Gasteiger partial charge in [-0.25, -0.2) is 9.78 Å². The van der Waals surface area contributed by atoms with Crippen molar-refractivity contribution in [3.63, 3.8) is 0 Å². The first-order chi connectivity index (χ1) is 20.6. The van der Waals surface area contributed by atoms with Crippen LogP contribution >= 0.6 is 0 Å². The number of carbonyl (C=O) groups is 2. The van der Waals surface area contributed by atoms with Gasteiger partial charge in [0.05, 0.1) is 11.3 Å². The molecule has 2 atom stereocenters. The lowest BCUT2D eigenvalue weighted by Crippen LogP contribution is -2.59. The van der Waals surface area contributed by atoms with Gasteiger partial charge in [-0.1, -0.05) is 39.0 Å². The van der Waals surface area contributed by atoms with Crippen molar-refractivity contribution in [1.82, 2.24) is 4.98 Å². The van der Waals surface area contributed by atoms with E-state index >= 15 is 0 Å². The van der Waals surface area contributed by atoms with Crippen LogP contribution in [0.2, 0.25) is 0 Å². The lowest BCUT2D eigenvalue weighted by Gasteiger charge is -2.44. The molecule has 0 bridgehead atoms. The number of nitrogen functional groups attached to an aromatic ring is 1. The minimum absolute atomic E-state index is 0.0160. The zero-order valence-electron chi connectivity index (χ0n) is 24.6. The average Bonchev–Trinajstić information content (AvgIpc) is 2.95. The van der Waals surface area contributed by atoms with Crippen LogP contribution in [0.4, 0.5) is 30.2 Å². The van der Waals surface area contributed by atoms with Crippen molar-refractivity contribution in [2.24, 2.45) is 5.92 Å². The molecule has 9 nitrogen and oxygen atoms in total. The number of ketones is 1. The Bertz CT molecular complexity index is 1580. The van der Waals surface area contributed by atoms with Gasteiger partial charge in [0.15, 0.2) is 16.9 Å². The van der Waals surface area contributed by atoms with Crippen LogP contribution in [0.3, 0.4) is 0 Å². The number of hydrogen-bond donors (Lipinski definition) is 2. The van der Waals surface area contributed by atoms with Gasteiger partial charge in [0.2, 0.25) is 0 Å². The number of cyclic esters (lactones) is 1. The Labute approximate surface area is 254 Å². The molecule has 4 rings (SSSR count). The van der Waals surface area contributed by atoms with Gasteiger partial charge in [0, 0.05) is 30.5 Å². The molecule has 0 saturated carbocycles. The third kappa shape index (κ3) is 7.32. The zero-order chi connectivity index (χ0) is 32.3. The summed E-state index contributed by atoms with van der Waals surface area (Å²) >= 11 is 0. The number of nitrogens with zero attached hydrogens (tertiary/aromatic N) is 2. The highest BCUT2D eigenvalue weighted by Crippen LogP contribution is 2.38. The molecule has 1 aliphatic heterocycles. The summed E-state index contributed by atoms with van der Waals surface area (Å²) in [6.45, 7) is 5.99. The summed E-state index contributed by atoms with van der Waals surface area (Å²) in [7, 11) is -4.35. The molecule has 1 fully saturated rings. The largest absolute Gasteiger partial charge is 0.456 e. The van der Waals surface area contributed by atoms with Crippen molar-refractivity contribution >= 4 is 38.8 Å². The van der Waals surface area contributed by atoms with E-state index in [0.29, 0.717) is 49.4 Å². The number of Topliss-reactive ketones (excluding diaryl/α,β-unsaturated/α-hetero) is 1. The van der Waals surface area contributed by atoms with Gasteiger partial charge in [-0.05, 0) is 73.2 Å². The molecule has 1 aromatic heterocycles. The number of sulfonamides is 1. The molecular formula is C31H35F3N4O5S. The Hall–Kier alpha value is -4.13. The van der Waals surface area contributed by atoms with Gasteiger partial charge in [0.1, 0.15) is 5.60 Å². The number of carbonyl (C=O) groups excluding carboxylic acids is 2. The van der Waals surface area contributed by atoms with Crippen LogP contribution in [0.25, 0.3) is 0 Å². The van der Waals surface area contributed by atoms with Crippen molar-refractivity contribution in [2.45, 2.75) is 69.3 Å². The van der Waals surface area contributed by atoms with Crippen LogP contribution in [0.5, 0.6) is 0 Å². The number of halogens is 3. The molecule has 44 heavy (non-hydrogen) atoms. The fourth-order valence-corrected chi connectivity index (χ4v) is 6.20. The first-order valence-electron chi connectivity index (χ1n) is 14.2. The Balaban J connectivity index is 1.55. The predicted octanol–water partition coefficient (Wildman–Crippen LogP) is 5.61. The molecule has 2 unspecified atom stereocenters. The van der Waals surface area contributed by atoms with E-state index in [9.17, 15) is 31.2 Å².